The highest BCUT2D eigenvalue weighted by Crippen LogP contribution is 2.39. The van der Waals surface area contributed by atoms with E-state index < -0.39 is 40.3 Å². The van der Waals surface area contributed by atoms with Gasteiger partial charge in [0.2, 0.25) is 0 Å². The molecular weight excluding hydrogens is 295 g/mol. The van der Waals surface area contributed by atoms with Crippen molar-refractivity contribution in [3.05, 3.63) is 28.8 Å². The van der Waals surface area contributed by atoms with Crippen LogP contribution in [-0.2, 0) is 11.3 Å². The first-order valence-electron chi connectivity index (χ1n) is 5.43. The fourth-order valence-electron chi connectivity index (χ4n) is 1.52. The summed E-state index contributed by atoms with van der Waals surface area (Å²) in [7, 11) is 0. The topological polar surface area (TPSA) is 70.3 Å². The van der Waals surface area contributed by atoms with Crippen LogP contribution in [0.4, 0.5) is 13.2 Å². The molecule has 0 fully saturated rings. The van der Waals surface area contributed by atoms with E-state index in [1.165, 1.54) is 13.0 Å². The van der Waals surface area contributed by atoms with Crippen molar-refractivity contribution in [1.82, 2.24) is 0 Å². The molecule has 0 unspecified atom stereocenters. The second-order valence-corrected chi connectivity index (χ2v) is 4.62. The summed E-state index contributed by atoms with van der Waals surface area (Å²) >= 11 is -0.491. The smallest absolute Gasteiger partial charge is 0.446 e. The third-order valence-corrected chi connectivity index (χ3v) is 3.03. The first-order valence-corrected chi connectivity index (χ1v) is 6.25. The number of thioether (sulfide) groups is 1. The molecule has 4 nitrogen and oxygen atoms in total. The van der Waals surface area contributed by atoms with Gasteiger partial charge in [-0.25, -0.2) is 4.79 Å². The number of aliphatic hydroxyl groups is 1. The van der Waals surface area contributed by atoms with Gasteiger partial charge in [-0.3, -0.25) is 0 Å². The van der Waals surface area contributed by atoms with Crippen molar-refractivity contribution in [2.45, 2.75) is 23.9 Å². The SMILES string of the molecule is CCOC(=O)c1c(CO)ccc(SC(F)(F)F)c1C#N. The lowest BCUT2D eigenvalue weighted by Gasteiger charge is -2.13. The molecule has 0 spiro atoms. The molecule has 108 valence electrons. The Morgan fingerprint density at radius 3 is 2.60 bits per heavy atom. The molecule has 0 saturated carbocycles. The van der Waals surface area contributed by atoms with Crippen molar-refractivity contribution in [1.29, 1.82) is 5.26 Å². The summed E-state index contributed by atoms with van der Waals surface area (Å²) < 4.78 is 41.9. The molecule has 0 aliphatic rings. The van der Waals surface area contributed by atoms with Gasteiger partial charge in [0.25, 0.3) is 0 Å². The monoisotopic (exact) mass is 305 g/mol. The van der Waals surface area contributed by atoms with Gasteiger partial charge in [0, 0.05) is 4.90 Å². The van der Waals surface area contributed by atoms with E-state index >= 15 is 0 Å². The van der Waals surface area contributed by atoms with Crippen molar-refractivity contribution >= 4 is 17.7 Å². The Kier molecular flexibility index (Phi) is 5.42. The Balaban J connectivity index is 3.41. The van der Waals surface area contributed by atoms with Gasteiger partial charge >= 0.3 is 11.5 Å². The van der Waals surface area contributed by atoms with Crippen LogP contribution in [-0.4, -0.2) is 23.2 Å². The zero-order chi connectivity index (χ0) is 15.3. The molecule has 20 heavy (non-hydrogen) atoms. The molecule has 0 aliphatic heterocycles. The standard InChI is InChI=1S/C12H10F3NO3S/c1-2-19-11(18)10-7(6-17)3-4-9(8(10)5-16)20-12(13,14)15/h3-4,17H,2,6H2,1H3. The van der Waals surface area contributed by atoms with Gasteiger partial charge < -0.3 is 9.84 Å². The largest absolute Gasteiger partial charge is 0.462 e. The van der Waals surface area contributed by atoms with Crippen LogP contribution < -0.4 is 0 Å². The van der Waals surface area contributed by atoms with E-state index in [0.717, 1.165) is 6.07 Å². The minimum atomic E-state index is -4.59. The average molecular weight is 305 g/mol. The molecule has 0 atom stereocenters. The van der Waals surface area contributed by atoms with Gasteiger partial charge in [-0.1, -0.05) is 6.07 Å². The third kappa shape index (κ3) is 3.88. The van der Waals surface area contributed by atoms with Gasteiger partial charge in [0.15, 0.2) is 0 Å². The van der Waals surface area contributed by atoms with Crippen LogP contribution in [0.1, 0.15) is 28.4 Å². The zero-order valence-electron chi connectivity index (χ0n) is 10.3. The molecule has 0 amide bonds. The maximum Gasteiger partial charge on any atom is 0.446 e. The lowest BCUT2D eigenvalue weighted by atomic mass is 10.0. The highest BCUT2D eigenvalue weighted by atomic mass is 32.2. The van der Waals surface area contributed by atoms with Crippen LogP contribution in [0.3, 0.4) is 0 Å². The molecule has 8 heteroatoms. The Labute approximate surface area is 117 Å². The number of rotatable bonds is 4. The van der Waals surface area contributed by atoms with Crippen LogP contribution >= 0.6 is 11.8 Å². The van der Waals surface area contributed by atoms with Crippen LogP contribution in [0.5, 0.6) is 0 Å². The lowest BCUT2D eigenvalue weighted by molar-refractivity contribution is -0.0328. The number of carbonyl (C=O) groups excluding carboxylic acids is 1. The fraction of sp³-hybridized carbons (Fsp3) is 0.333. The van der Waals surface area contributed by atoms with Crippen molar-refractivity contribution in [3.63, 3.8) is 0 Å². The number of hydrogen-bond acceptors (Lipinski definition) is 5. The van der Waals surface area contributed by atoms with Gasteiger partial charge in [0.05, 0.1) is 24.3 Å². The Morgan fingerprint density at radius 2 is 2.15 bits per heavy atom. The molecule has 1 rings (SSSR count). The quantitative estimate of drug-likeness (QED) is 0.684. The fourth-order valence-corrected chi connectivity index (χ4v) is 2.15. The van der Waals surface area contributed by atoms with E-state index in [2.05, 4.69) is 0 Å². The number of carbonyl (C=O) groups is 1. The number of hydrogen-bond donors (Lipinski definition) is 1. The van der Waals surface area contributed by atoms with E-state index in [1.54, 1.807) is 6.07 Å². The third-order valence-electron chi connectivity index (χ3n) is 2.24. The van der Waals surface area contributed by atoms with Crippen molar-refractivity contribution < 1.29 is 27.8 Å². The van der Waals surface area contributed by atoms with E-state index in [9.17, 15) is 18.0 Å². The van der Waals surface area contributed by atoms with E-state index in [4.69, 9.17) is 15.1 Å². The molecule has 0 heterocycles. The molecule has 0 aliphatic carbocycles. The normalized spacial score (nSPS) is 11.0. The van der Waals surface area contributed by atoms with Crippen LogP contribution in [0.2, 0.25) is 0 Å². The first kappa shape index (κ1) is 16.3. The van der Waals surface area contributed by atoms with Crippen LogP contribution in [0.25, 0.3) is 0 Å². The summed E-state index contributed by atoms with van der Waals surface area (Å²) in [6, 6.07) is 3.78. The maximum absolute atomic E-state index is 12.4. The van der Waals surface area contributed by atoms with Crippen LogP contribution in [0, 0.1) is 11.3 Å². The zero-order valence-corrected chi connectivity index (χ0v) is 11.1. The molecule has 1 aromatic carbocycles. The molecule has 0 radical (unpaired) electrons. The highest BCUT2D eigenvalue weighted by Gasteiger charge is 2.32. The van der Waals surface area contributed by atoms with Gasteiger partial charge in [-0.05, 0) is 30.3 Å². The van der Waals surface area contributed by atoms with Crippen molar-refractivity contribution in [3.8, 4) is 6.07 Å². The van der Waals surface area contributed by atoms with E-state index in [-0.39, 0.29) is 17.7 Å². The summed E-state index contributed by atoms with van der Waals surface area (Å²) in [6.45, 7) is 0.946. The van der Waals surface area contributed by atoms with Crippen molar-refractivity contribution in [2.75, 3.05) is 6.61 Å². The van der Waals surface area contributed by atoms with Crippen molar-refractivity contribution in [2.24, 2.45) is 0 Å². The highest BCUT2D eigenvalue weighted by molar-refractivity contribution is 8.00. The van der Waals surface area contributed by atoms with E-state index in [1.807, 2.05) is 0 Å². The minimum absolute atomic E-state index is 0.00517. The molecular formula is C12H10F3NO3S. The number of nitriles is 1. The first-order chi connectivity index (χ1) is 9.34. The molecule has 1 aromatic rings. The second-order valence-electron chi connectivity index (χ2n) is 3.51. The number of aliphatic hydroxyl groups excluding tert-OH is 1. The number of halogens is 3. The minimum Gasteiger partial charge on any atom is -0.462 e. The predicted molar refractivity (Wildman–Crippen MR) is 64.9 cm³/mol. The Bertz CT molecular complexity index is 552. The maximum atomic E-state index is 12.4. The number of alkyl halides is 3. The molecule has 1 N–H and O–H groups in total. The summed E-state index contributed by atoms with van der Waals surface area (Å²) in [5.41, 5.74) is -5.31. The Hall–Kier alpha value is -1.72. The summed E-state index contributed by atoms with van der Waals surface area (Å²) in [6.07, 6.45) is 0. The predicted octanol–water partition coefficient (Wildman–Crippen LogP) is 2.84. The van der Waals surface area contributed by atoms with Gasteiger partial charge in [0.1, 0.15) is 6.07 Å². The van der Waals surface area contributed by atoms with Crippen LogP contribution in [0.15, 0.2) is 17.0 Å². The van der Waals surface area contributed by atoms with E-state index in [0.29, 0.717) is 0 Å². The summed E-state index contributed by atoms with van der Waals surface area (Å²) in [5, 5.41) is 18.1. The molecule has 0 bridgehead atoms. The number of nitrogens with zero attached hydrogens (tertiary/aromatic N) is 1. The number of benzene rings is 1. The lowest BCUT2D eigenvalue weighted by Crippen LogP contribution is -2.12. The van der Waals surface area contributed by atoms with Gasteiger partial charge in [-0.2, -0.15) is 18.4 Å². The number of ether oxygens (including phenoxy) is 1. The summed E-state index contributed by atoms with van der Waals surface area (Å²) in [4.78, 5) is 11.3. The number of esters is 1. The average Bonchev–Trinajstić information content (AvgIpc) is 2.36. The van der Waals surface area contributed by atoms with Gasteiger partial charge in [-0.15, -0.1) is 0 Å². The summed E-state index contributed by atoms with van der Waals surface area (Å²) in [5.74, 6) is -0.933. The molecule has 0 saturated heterocycles. The molecule has 0 aromatic heterocycles. The second kappa shape index (κ2) is 6.63. The Morgan fingerprint density at radius 1 is 1.50 bits per heavy atom.